The van der Waals surface area contributed by atoms with Gasteiger partial charge in [0.1, 0.15) is 5.75 Å². The Morgan fingerprint density at radius 3 is 2.56 bits per heavy atom. The zero-order valence-corrected chi connectivity index (χ0v) is 21.1. The first-order valence-electron chi connectivity index (χ1n) is 11.0. The number of benzene rings is 2. The largest absolute Gasteiger partial charge is 0.573 e. The van der Waals surface area contributed by atoms with Crippen LogP contribution >= 0.6 is 11.6 Å². The second-order valence-electron chi connectivity index (χ2n) is 8.23. The lowest BCUT2D eigenvalue weighted by Gasteiger charge is -2.21. The molecule has 0 unspecified atom stereocenters. The molecule has 1 atom stereocenters. The van der Waals surface area contributed by atoms with Gasteiger partial charge in [-0.15, -0.1) is 13.2 Å². The molecule has 3 rings (SSSR count). The molecule has 1 fully saturated rings. The summed E-state index contributed by atoms with van der Waals surface area (Å²) in [6.07, 6.45) is -4.39. The van der Waals surface area contributed by atoms with Crippen LogP contribution in [0.2, 0.25) is 5.02 Å². The van der Waals surface area contributed by atoms with Crippen LogP contribution in [0.3, 0.4) is 0 Å². The molecular weight excluding hydrogens is 523 g/mol. The lowest BCUT2D eigenvalue weighted by Crippen LogP contribution is -2.35. The van der Waals surface area contributed by atoms with E-state index < -0.39 is 27.9 Å². The minimum atomic E-state index is -4.97. The fourth-order valence-corrected chi connectivity index (χ4v) is 5.22. The van der Waals surface area contributed by atoms with Gasteiger partial charge in [0.15, 0.2) is 9.84 Å². The van der Waals surface area contributed by atoms with Crippen molar-refractivity contribution in [3.05, 3.63) is 52.5 Å². The number of halogens is 4. The summed E-state index contributed by atoms with van der Waals surface area (Å²) in [6, 6.07) is 7.52. The molecule has 0 saturated carbocycles. The van der Waals surface area contributed by atoms with E-state index in [1.165, 1.54) is 44.2 Å². The number of carbonyl (C=O) groups excluding carboxylic acids is 2. The quantitative estimate of drug-likeness (QED) is 0.522. The number of amides is 2. The van der Waals surface area contributed by atoms with Crippen molar-refractivity contribution < 1.29 is 35.9 Å². The van der Waals surface area contributed by atoms with Gasteiger partial charge in [0.2, 0.25) is 5.91 Å². The Bertz CT molecular complexity index is 1250. The van der Waals surface area contributed by atoms with E-state index in [0.717, 1.165) is 6.07 Å². The monoisotopic (exact) mass is 547 g/mol. The third kappa shape index (κ3) is 7.26. The van der Waals surface area contributed by atoms with E-state index in [9.17, 15) is 31.2 Å². The van der Waals surface area contributed by atoms with Gasteiger partial charge in [-0.25, -0.2) is 8.42 Å². The van der Waals surface area contributed by atoms with Crippen molar-refractivity contribution in [2.24, 2.45) is 0 Å². The van der Waals surface area contributed by atoms with Crippen molar-refractivity contribution >= 4 is 38.9 Å². The van der Waals surface area contributed by atoms with Crippen LogP contribution in [0.4, 0.5) is 18.9 Å². The molecule has 2 amide bonds. The Balaban J connectivity index is 1.87. The van der Waals surface area contributed by atoms with Crippen molar-refractivity contribution in [2.75, 3.05) is 23.7 Å². The molecule has 1 aliphatic rings. The summed E-state index contributed by atoms with van der Waals surface area (Å²) in [5.74, 6) is -1.70. The van der Waals surface area contributed by atoms with Gasteiger partial charge in [-0.1, -0.05) is 18.5 Å². The average Bonchev–Trinajstić information content (AvgIpc) is 3.23. The zero-order valence-electron chi connectivity index (χ0n) is 19.5. The standard InChI is InChI=1S/C23H25ClF3N3O5S/c1-3-36(33,34)21-5-4-17(24)8-16(21)12-28-22(32)15-9-19(11-20(10-15)35-23(25,26)27)30-7-6-18(13-30)29-14(2)31/h4-5,8-11,18H,3,6-7,12-13H2,1-2H3,(H,28,32)(H,29,31)/t18-/m1/s1. The maximum absolute atomic E-state index is 12.9. The number of nitrogens with one attached hydrogen (secondary N) is 2. The first-order valence-corrected chi connectivity index (χ1v) is 13.0. The van der Waals surface area contributed by atoms with E-state index in [1.807, 2.05) is 0 Å². The fourth-order valence-electron chi connectivity index (χ4n) is 3.91. The summed E-state index contributed by atoms with van der Waals surface area (Å²) in [4.78, 5) is 26.0. The highest BCUT2D eigenvalue weighted by molar-refractivity contribution is 7.91. The van der Waals surface area contributed by atoms with E-state index in [-0.39, 0.29) is 45.3 Å². The van der Waals surface area contributed by atoms with Crippen LogP contribution in [0.5, 0.6) is 5.75 Å². The van der Waals surface area contributed by atoms with E-state index in [2.05, 4.69) is 15.4 Å². The van der Waals surface area contributed by atoms with Crippen molar-refractivity contribution in [1.82, 2.24) is 10.6 Å². The summed E-state index contributed by atoms with van der Waals surface area (Å²) >= 11 is 6.00. The van der Waals surface area contributed by atoms with Crippen molar-refractivity contribution in [1.29, 1.82) is 0 Å². The molecule has 0 spiro atoms. The number of nitrogens with zero attached hydrogens (tertiary/aromatic N) is 1. The van der Waals surface area contributed by atoms with Crippen LogP contribution in [0, 0.1) is 0 Å². The van der Waals surface area contributed by atoms with Gasteiger partial charge in [0.25, 0.3) is 5.91 Å². The molecule has 2 N–H and O–H groups in total. The molecule has 13 heteroatoms. The highest BCUT2D eigenvalue weighted by Gasteiger charge is 2.32. The van der Waals surface area contributed by atoms with Crippen molar-refractivity contribution in [2.45, 2.75) is 44.1 Å². The molecule has 0 bridgehead atoms. The number of hydrogen-bond acceptors (Lipinski definition) is 6. The van der Waals surface area contributed by atoms with Crippen molar-refractivity contribution in [3.8, 4) is 5.75 Å². The molecule has 1 heterocycles. The summed E-state index contributed by atoms with van der Waals surface area (Å²) in [6.45, 7) is 3.43. The lowest BCUT2D eigenvalue weighted by atomic mass is 10.1. The van der Waals surface area contributed by atoms with E-state index in [1.54, 1.807) is 4.90 Å². The Morgan fingerprint density at radius 2 is 1.92 bits per heavy atom. The maximum Gasteiger partial charge on any atom is 0.573 e. The van der Waals surface area contributed by atoms with Gasteiger partial charge >= 0.3 is 6.36 Å². The molecule has 1 aliphatic heterocycles. The Labute approximate surface area is 211 Å². The molecule has 2 aromatic rings. The Morgan fingerprint density at radius 1 is 1.19 bits per heavy atom. The van der Waals surface area contributed by atoms with Crippen molar-refractivity contribution in [3.63, 3.8) is 0 Å². The van der Waals surface area contributed by atoms with Crippen LogP contribution in [0.15, 0.2) is 41.3 Å². The van der Waals surface area contributed by atoms with Crippen LogP contribution in [-0.2, 0) is 21.2 Å². The molecule has 8 nitrogen and oxygen atoms in total. The zero-order chi connectivity index (χ0) is 26.7. The van der Waals surface area contributed by atoms with Crippen LogP contribution in [0.25, 0.3) is 0 Å². The minimum absolute atomic E-state index is 0.00521. The van der Waals surface area contributed by atoms with Gasteiger partial charge in [0.05, 0.1) is 10.6 Å². The maximum atomic E-state index is 12.9. The number of anilines is 1. The number of ether oxygens (including phenoxy) is 1. The number of rotatable bonds is 8. The van der Waals surface area contributed by atoms with Crippen LogP contribution in [-0.4, -0.2) is 51.5 Å². The molecule has 0 aromatic heterocycles. The lowest BCUT2D eigenvalue weighted by molar-refractivity contribution is -0.274. The molecule has 2 aromatic carbocycles. The van der Waals surface area contributed by atoms with Gasteiger partial charge in [-0.05, 0) is 42.3 Å². The predicted octanol–water partition coefficient (Wildman–Crippen LogP) is 3.68. The summed E-state index contributed by atoms with van der Waals surface area (Å²) in [5.41, 5.74) is 0.446. The first-order chi connectivity index (χ1) is 16.8. The molecule has 1 saturated heterocycles. The minimum Gasteiger partial charge on any atom is -0.406 e. The third-order valence-corrected chi connectivity index (χ3v) is 7.59. The molecule has 0 radical (unpaired) electrons. The molecule has 196 valence electrons. The Hall–Kier alpha value is -2.99. The third-order valence-electron chi connectivity index (χ3n) is 5.52. The number of alkyl halides is 3. The predicted molar refractivity (Wildman–Crippen MR) is 128 cm³/mol. The van der Waals surface area contributed by atoms with E-state index in [4.69, 9.17) is 11.6 Å². The SMILES string of the molecule is CCS(=O)(=O)c1ccc(Cl)cc1CNC(=O)c1cc(OC(F)(F)F)cc(N2CC[C@@H](NC(C)=O)C2)c1. The molecular formula is C23H25ClF3N3O5S. The smallest absolute Gasteiger partial charge is 0.406 e. The first kappa shape index (κ1) is 27.6. The second kappa shape index (κ2) is 11.0. The van der Waals surface area contributed by atoms with Gasteiger partial charge in [0, 0.05) is 54.9 Å². The summed E-state index contributed by atoms with van der Waals surface area (Å²) in [5, 5.41) is 5.58. The number of hydrogen-bond donors (Lipinski definition) is 2. The van der Waals surface area contributed by atoms with Gasteiger partial charge in [-0.2, -0.15) is 0 Å². The van der Waals surface area contributed by atoms with E-state index in [0.29, 0.717) is 25.2 Å². The molecule has 0 aliphatic carbocycles. The summed E-state index contributed by atoms with van der Waals surface area (Å²) in [7, 11) is -3.61. The fraction of sp³-hybridized carbons (Fsp3) is 0.391. The molecule has 36 heavy (non-hydrogen) atoms. The van der Waals surface area contributed by atoms with E-state index >= 15 is 0 Å². The van der Waals surface area contributed by atoms with Gasteiger partial charge < -0.3 is 20.3 Å². The Kier molecular flexibility index (Phi) is 8.40. The van der Waals surface area contributed by atoms with Crippen LogP contribution < -0.4 is 20.3 Å². The van der Waals surface area contributed by atoms with Crippen LogP contribution in [0.1, 0.15) is 36.2 Å². The highest BCUT2D eigenvalue weighted by Crippen LogP contribution is 2.31. The normalized spacial score (nSPS) is 16.1. The number of sulfone groups is 1. The average molecular weight is 548 g/mol. The van der Waals surface area contributed by atoms with Gasteiger partial charge in [-0.3, -0.25) is 9.59 Å². The second-order valence-corrected chi connectivity index (χ2v) is 10.9. The highest BCUT2D eigenvalue weighted by atomic mass is 35.5. The topological polar surface area (TPSA) is 105 Å². The summed E-state index contributed by atoms with van der Waals surface area (Å²) < 4.78 is 67.7. The number of carbonyl (C=O) groups is 2.